The number of ether oxygens (including phenoxy) is 1. The third-order valence-electron chi connectivity index (χ3n) is 4.23. The van der Waals surface area contributed by atoms with Crippen LogP contribution in [0.4, 0.5) is 14.5 Å². The minimum Gasteiger partial charge on any atom is -0.433 e. The Morgan fingerprint density at radius 3 is 2.93 bits per heavy atom. The number of halogens is 3. The van der Waals surface area contributed by atoms with Gasteiger partial charge in [0.15, 0.2) is 0 Å². The van der Waals surface area contributed by atoms with Crippen molar-refractivity contribution in [2.45, 2.75) is 12.7 Å². The second-order valence-electron chi connectivity index (χ2n) is 6.01. The van der Waals surface area contributed by atoms with Crippen LogP contribution in [-0.4, -0.2) is 53.1 Å². The highest BCUT2D eigenvalue weighted by Crippen LogP contribution is 2.26. The molecule has 148 valence electrons. The molecule has 3 rings (SSSR count). The van der Waals surface area contributed by atoms with Crippen molar-refractivity contribution in [1.82, 2.24) is 19.8 Å². The van der Waals surface area contributed by atoms with Crippen LogP contribution in [0, 0.1) is 0 Å². The van der Waals surface area contributed by atoms with Crippen molar-refractivity contribution >= 4 is 24.0 Å². The first-order valence-electron chi connectivity index (χ1n) is 8.30. The van der Waals surface area contributed by atoms with Gasteiger partial charge < -0.3 is 19.9 Å². The highest BCUT2D eigenvalue weighted by atomic mass is 35.5. The topological polar surface area (TPSA) is 71.4 Å². The van der Waals surface area contributed by atoms with E-state index in [1.807, 2.05) is 22.7 Å². The number of nitrogens with zero attached hydrogens (tertiary/aromatic N) is 3. The summed E-state index contributed by atoms with van der Waals surface area (Å²) < 4.78 is 31.4. The van der Waals surface area contributed by atoms with E-state index in [1.54, 1.807) is 18.3 Å². The summed E-state index contributed by atoms with van der Waals surface area (Å²) in [6.07, 6.45) is 3.58. The number of anilines is 1. The normalized spacial score (nSPS) is 17.4. The lowest BCUT2D eigenvalue weighted by Gasteiger charge is -2.35. The Morgan fingerprint density at radius 2 is 2.22 bits per heavy atom. The fourth-order valence-electron chi connectivity index (χ4n) is 3.03. The number of hydrogen-bond donors (Lipinski definition) is 2. The largest absolute Gasteiger partial charge is 0.433 e. The van der Waals surface area contributed by atoms with Crippen molar-refractivity contribution in [3.63, 3.8) is 0 Å². The average Bonchev–Trinajstić information content (AvgIpc) is 3.02. The van der Waals surface area contributed by atoms with E-state index in [1.165, 1.54) is 12.1 Å². The van der Waals surface area contributed by atoms with E-state index in [0.717, 1.165) is 12.4 Å². The molecule has 1 aliphatic heterocycles. The first-order chi connectivity index (χ1) is 12.5. The smallest absolute Gasteiger partial charge is 0.387 e. The van der Waals surface area contributed by atoms with Gasteiger partial charge in [-0.05, 0) is 12.1 Å². The van der Waals surface area contributed by atoms with Gasteiger partial charge in [-0.2, -0.15) is 8.78 Å². The molecule has 1 atom stereocenters. The molecule has 0 aliphatic carbocycles. The summed E-state index contributed by atoms with van der Waals surface area (Å²) in [6, 6.07) is 6.10. The Hall–Kier alpha value is -2.23. The molecule has 1 unspecified atom stereocenters. The van der Waals surface area contributed by atoms with Crippen LogP contribution in [0.1, 0.15) is 11.9 Å². The van der Waals surface area contributed by atoms with Crippen LogP contribution in [0.3, 0.4) is 0 Å². The highest BCUT2D eigenvalue weighted by molar-refractivity contribution is 5.93. The average molecular weight is 402 g/mol. The maximum atomic E-state index is 12.5. The van der Waals surface area contributed by atoms with Gasteiger partial charge in [0.1, 0.15) is 11.6 Å². The molecule has 0 saturated carbocycles. The van der Waals surface area contributed by atoms with Gasteiger partial charge in [-0.15, -0.1) is 12.4 Å². The number of amides is 1. The quantitative estimate of drug-likeness (QED) is 0.775. The molecule has 1 aromatic heterocycles. The number of nitrogens with one attached hydrogen (secondary N) is 2. The number of alkyl halides is 2. The Morgan fingerprint density at radius 1 is 1.44 bits per heavy atom. The Balaban J connectivity index is 0.00000261. The molecule has 1 aromatic carbocycles. The monoisotopic (exact) mass is 401 g/mol. The van der Waals surface area contributed by atoms with E-state index in [-0.39, 0.29) is 42.3 Å². The van der Waals surface area contributed by atoms with Gasteiger partial charge in [0.2, 0.25) is 5.91 Å². The summed E-state index contributed by atoms with van der Waals surface area (Å²) in [5.41, 5.74) is 0.224. The van der Waals surface area contributed by atoms with Crippen LogP contribution in [0.25, 0.3) is 0 Å². The molecule has 0 spiro atoms. The van der Waals surface area contributed by atoms with Crippen molar-refractivity contribution < 1.29 is 18.3 Å². The molecular weight excluding hydrogens is 380 g/mol. The lowest BCUT2D eigenvalue weighted by atomic mass is 10.1. The van der Waals surface area contributed by atoms with Crippen LogP contribution < -0.4 is 15.4 Å². The predicted octanol–water partition coefficient (Wildman–Crippen LogP) is 2.03. The lowest BCUT2D eigenvalue weighted by Crippen LogP contribution is -2.49. The molecule has 2 N–H and O–H groups in total. The standard InChI is InChI=1S/C17H21F2N5O2.ClH/c1-23-8-7-21-16(23)13-10-20-6-9-24(13)11-15(25)22-12-4-2-3-5-14(12)26-17(18)19;/h2-5,7-8,13,17,20H,6,9-11H2,1H3,(H,22,25);1H. The maximum absolute atomic E-state index is 12.5. The molecular formula is C17H22ClF2N5O2. The van der Waals surface area contributed by atoms with Gasteiger partial charge in [-0.3, -0.25) is 9.69 Å². The third kappa shape index (κ3) is 5.38. The minimum absolute atomic E-state index is 0. The number of benzene rings is 1. The summed E-state index contributed by atoms with van der Waals surface area (Å²) in [5, 5.41) is 5.96. The fraction of sp³-hybridized carbons (Fsp3) is 0.412. The SMILES string of the molecule is Cl.Cn1ccnc1C1CNCCN1CC(=O)Nc1ccccc1OC(F)F. The van der Waals surface area contributed by atoms with E-state index < -0.39 is 6.61 Å². The first kappa shape index (κ1) is 21.1. The van der Waals surface area contributed by atoms with Gasteiger partial charge in [-0.1, -0.05) is 12.1 Å². The Bertz CT molecular complexity index is 758. The molecule has 1 amide bonds. The third-order valence-corrected chi connectivity index (χ3v) is 4.23. The lowest BCUT2D eigenvalue weighted by molar-refractivity contribution is -0.118. The molecule has 0 bridgehead atoms. The Kier molecular flexibility index (Phi) is 7.52. The van der Waals surface area contributed by atoms with E-state index in [2.05, 4.69) is 20.4 Å². The van der Waals surface area contributed by atoms with Crippen molar-refractivity contribution in [3.8, 4) is 5.75 Å². The number of rotatable bonds is 6. The van der Waals surface area contributed by atoms with Crippen LogP contribution in [-0.2, 0) is 11.8 Å². The van der Waals surface area contributed by atoms with Crippen molar-refractivity contribution in [1.29, 1.82) is 0 Å². The zero-order valence-electron chi connectivity index (χ0n) is 14.8. The van der Waals surface area contributed by atoms with Crippen LogP contribution in [0.2, 0.25) is 0 Å². The van der Waals surface area contributed by atoms with Gasteiger partial charge in [0, 0.05) is 39.1 Å². The number of carbonyl (C=O) groups excluding carboxylic acids is 1. The first-order valence-corrected chi connectivity index (χ1v) is 8.30. The summed E-state index contributed by atoms with van der Waals surface area (Å²) in [5.74, 6) is 0.514. The maximum Gasteiger partial charge on any atom is 0.387 e. The molecule has 0 radical (unpaired) electrons. The second kappa shape index (κ2) is 9.63. The van der Waals surface area contributed by atoms with E-state index in [0.29, 0.717) is 13.1 Å². The van der Waals surface area contributed by atoms with Crippen molar-refractivity contribution in [2.24, 2.45) is 7.05 Å². The summed E-state index contributed by atoms with van der Waals surface area (Å²) in [6.45, 7) is -0.695. The number of aromatic nitrogens is 2. The van der Waals surface area contributed by atoms with Crippen LogP contribution >= 0.6 is 12.4 Å². The van der Waals surface area contributed by atoms with Crippen LogP contribution in [0.15, 0.2) is 36.7 Å². The zero-order valence-corrected chi connectivity index (χ0v) is 15.6. The number of carbonyl (C=O) groups is 1. The summed E-state index contributed by atoms with van der Waals surface area (Å²) in [4.78, 5) is 18.9. The molecule has 2 aromatic rings. The van der Waals surface area contributed by atoms with Crippen LogP contribution in [0.5, 0.6) is 5.75 Å². The molecule has 10 heteroatoms. The minimum atomic E-state index is -2.95. The molecule has 1 saturated heterocycles. The highest BCUT2D eigenvalue weighted by Gasteiger charge is 2.28. The summed E-state index contributed by atoms with van der Waals surface area (Å²) in [7, 11) is 1.91. The van der Waals surface area contributed by atoms with Gasteiger partial charge in [-0.25, -0.2) is 4.98 Å². The molecule has 27 heavy (non-hydrogen) atoms. The zero-order chi connectivity index (χ0) is 18.5. The second-order valence-corrected chi connectivity index (χ2v) is 6.01. The summed E-state index contributed by atoms with van der Waals surface area (Å²) >= 11 is 0. The van der Waals surface area contributed by atoms with E-state index in [4.69, 9.17) is 0 Å². The molecule has 1 fully saturated rings. The number of hydrogen-bond acceptors (Lipinski definition) is 5. The predicted molar refractivity (Wildman–Crippen MR) is 99.3 cm³/mol. The van der Waals surface area contributed by atoms with E-state index >= 15 is 0 Å². The number of aryl methyl sites for hydroxylation is 1. The van der Waals surface area contributed by atoms with Gasteiger partial charge >= 0.3 is 6.61 Å². The number of piperazine rings is 1. The fourth-order valence-corrected chi connectivity index (χ4v) is 3.03. The molecule has 7 nitrogen and oxygen atoms in total. The molecule has 2 heterocycles. The molecule has 1 aliphatic rings. The van der Waals surface area contributed by atoms with Gasteiger partial charge in [0.25, 0.3) is 0 Å². The number of imidazole rings is 1. The van der Waals surface area contributed by atoms with Crippen molar-refractivity contribution in [3.05, 3.63) is 42.5 Å². The Labute approximate surface area is 162 Å². The number of para-hydroxylation sites is 2. The van der Waals surface area contributed by atoms with E-state index in [9.17, 15) is 13.6 Å². The van der Waals surface area contributed by atoms with Gasteiger partial charge in [0.05, 0.1) is 18.3 Å². The van der Waals surface area contributed by atoms with Crippen molar-refractivity contribution in [2.75, 3.05) is 31.5 Å².